The number of hydrogen-bond acceptors (Lipinski definition) is 2. The van der Waals surface area contributed by atoms with Crippen molar-refractivity contribution in [2.45, 2.75) is 77.9 Å². The van der Waals surface area contributed by atoms with Crippen molar-refractivity contribution in [2.24, 2.45) is 5.92 Å². The van der Waals surface area contributed by atoms with Gasteiger partial charge in [0.25, 0.3) is 0 Å². The van der Waals surface area contributed by atoms with Crippen LogP contribution in [0.25, 0.3) is 0 Å². The van der Waals surface area contributed by atoms with E-state index in [0.29, 0.717) is 0 Å². The van der Waals surface area contributed by atoms with E-state index in [9.17, 15) is 0 Å². The Labute approximate surface area is 112 Å². The molecule has 1 aliphatic carbocycles. The van der Waals surface area contributed by atoms with Gasteiger partial charge in [-0.05, 0) is 59.3 Å². The van der Waals surface area contributed by atoms with Gasteiger partial charge in [0.1, 0.15) is 0 Å². The second-order valence-electron chi connectivity index (χ2n) is 6.80. The molecule has 0 atom stereocenters. The standard InChI is InChI=1S/C15H27BO2/c1-6-12-7-9-13(10-8-12)11-16-17-14(2,3)15(4,5)18-16/h11-12H,6-10H2,1-5H3. The van der Waals surface area contributed by atoms with E-state index in [1.807, 2.05) is 0 Å². The molecule has 3 heteroatoms. The smallest absolute Gasteiger partial charge is 0.400 e. The van der Waals surface area contributed by atoms with Crippen LogP contribution in [-0.4, -0.2) is 18.3 Å². The van der Waals surface area contributed by atoms with Crippen LogP contribution in [0.2, 0.25) is 0 Å². The highest BCUT2D eigenvalue weighted by Gasteiger charge is 2.50. The summed E-state index contributed by atoms with van der Waals surface area (Å²) < 4.78 is 12.0. The highest BCUT2D eigenvalue weighted by molar-refractivity contribution is 6.51. The predicted molar refractivity (Wildman–Crippen MR) is 76.4 cm³/mol. The Morgan fingerprint density at radius 1 is 1.11 bits per heavy atom. The molecular weight excluding hydrogens is 223 g/mol. The molecule has 1 heterocycles. The fraction of sp³-hybridized carbons (Fsp3) is 0.867. The van der Waals surface area contributed by atoms with Gasteiger partial charge in [0, 0.05) is 0 Å². The molecule has 2 fully saturated rings. The third-order valence-electron chi connectivity index (χ3n) is 4.97. The van der Waals surface area contributed by atoms with Crippen molar-refractivity contribution in [3.8, 4) is 0 Å². The third-order valence-corrected chi connectivity index (χ3v) is 4.97. The summed E-state index contributed by atoms with van der Waals surface area (Å²) in [5, 5.41) is 0. The molecule has 0 aromatic carbocycles. The summed E-state index contributed by atoms with van der Waals surface area (Å²) in [5.74, 6) is 3.16. The van der Waals surface area contributed by atoms with Crippen LogP contribution in [-0.2, 0) is 9.31 Å². The monoisotopic (exact) mass is 250 g/mol. The lowest BCUT2D eigenvalue weighted by Gasteiger charge is -2.32. The highest BCUT2D eigenvalue weighted by atomic mass is 16.7. The normalized spacial score (nSPS) is 30.6. The van der Waals surface area contributed by atoms with Crippen molar-refractivity contribution in [2.75, 3.05) is 0 Å². The van der Waals surface area contributed by atoms with Gasteiger partial charge in [0.15, 0.2) is 0 Å². The zero-order valence-corrected chi connectivity index (χ0v) is 12.6. The van der Waals surface area contributed by atoms with Gasteiger partial charge in [-0.25, -0.2) is 0 Å². The molecule has 2 rings (SSSR count). The van der Waals surface area contributed by atoms with Crippen molar-refractivity contribution in [3.05, 3.63) is 11.5 Å². The fourth-order valence-electron chi connectivity index (χ4n) is 2.77. The Morgan fingerprint density at radius 3 is 2.06 bits per heavy atom. The minimum Gasteiger partial charge on any atom is -0.400 e. The van der Waals surface area contributed by atoms with Crippen LogP contribution < -0.4 is 0 Å². The van der Waals surface area contributed by atoms with Crippen LogP contribution >= 0.6 is 0 Å². The molecule has 1 saturated carbocycles. The molecule has 0 aromatic rings. The molecule has 0 radical (unpaired) electrons. The van der Waals surface area contributed by atoms with E-state index in [4.69, 9.17) is 9.31 Å². The second-order valence-corrected chi connectivity index (χ2v) is 6.80. The summed E-state index contributed by atoms with van der Waals surface area (Å²) in [6.07, 6.45) is 6.44. The minimum absolute atomic E-state index is 0.150. The van der Waals surface area contributed by atoms with Crippen LogP contribution in [0.3, 0.4) is 0 Å². The number of rotatable bonds is 2. The Balaban J connectivity index is 1.96. The van der Waals surface area contributed by atoms with Crippen molar-refractivity contribution in [1.29, 1.82) is 0 Å². The number of allylic oxidation sites excluding steroid dienone is 1. The van der Waals surface area contributed by atoms with E-state index >= 15 is 0 Å². The summed E-state index contributed by atoms with van der Waals surface area (Å²) in [6.45, 7) is 10.7. The van der Waals surface area contributed by atoms with Crippen LogP contribution in [0.15, 0.2) is 11.5 Å². The van der Waals surface area contributed by atoms with Crippen molar-refractivity contribution in [1.82, 2.24) is 0 Å². The molecule has 18 heavy (non-hydrogen) atoms. The molecule has 0 aromatic heterocycles. The van der Waals surface area contributed by atoms with Gasteiger partial charge in [0.2, 0.25) is 0 Å². The van der Waals surface area contributed by atoms with Crippen LogP contribution in [0.4, 0.5) is 0 Å². The van der Waals surface area contributed by atoms with Gasteiger partial charge in [-0.1, -0.05) is 24.9 Å². The van der Waals surface area contributed by atoms with Crippen LogP contribution in [0.5, 0.6) is 0 Å². The van der Waals surface area contributed by atoms with Gasteiger partial charge in [0.05, 0.1) is 11.2 Å². The molecule has 102 valence electrons. The van der Waals surface area contributed by atoms with E-state index < -0.39 is 0 Å². The summed E-state index contributed by atoms with van der Waals surface area (Å²) >= 11 is 0. The van der Waals surface area contributed by atoms with Crippen LogP contribution in [0.1, 0.15) is 66.7 Å². The summed E-state index contributed by atoms with van der Waals surface area (Å²) in [6, 6.07) is 0. The molecule has 0 N–H and O–H groups in total. The first-order chi connectivity index (χ1) is 8.34. The van der Waals surface area contributed by atoms with Crippen molar-refractivity contribution < 1.29 is 9.31 Å². The Hall–Kier alpha value is -0.275. The van der Waals surface area contributed by atoms with Crippen molar-refractivity contribution >= 4 is 7.12 Å². The van der Waals surface area contributed by atoms with E-state index in [-0.39, 0.29) is 18.3 Å². The maximum absolute atomic E-state index is 6.02. The predicted octanol–water partition coefficient (Wildman–Crippen LogP) is 4.14. The van der Waals surface area contributed by atoms with E-state index in [1.165, 1.54) is 37.7 Å². The highest BCUT2D eigenvalue weighted by Crippen LogP contribution is 2.38. The summed E-state index contributed by atoms with van der Waals surface area (Å²) in [5.41, 5.74) is 1.10. The van der Waals surface area contributed by atoms with E-state index in [2.05, 4.69) is 40.6 Å². The molecule has 2 aliphatic rings. The first-order valence-electron chi connectivity index (χ1n) is 7.39. The molecule has 0 spiro atoms. The summed E-state index contributed by atoms with van der Waals surface area (Å²) in [7, 11) is -0.150. The fourth-order valence-corrected chi connectivity index (χ4v) is 2.77. The molecular formula is C15H27BO2. The first-order valence-corrected chi connectivity index (χ1v) is 7.39. The molecule has 0 unspecified atom stereocenters. The largest absolute Gasteiger partial charge is 0.487 e. The first kappa shape index (κ1) is 14.1. The third kappa shape index (κ3) is 2.83. The van der Waals surface area contributed by atoms with Gasteiger partial charge < -0.3 is 9.31 Å². The maximum Gasteiger partial charge on any atom is 0.487 e. The Kier molecular flexibility index (Phi) is 3.94. The average molecular weight is 250 g/mol. The molecule has 1 aliphatic heterocycles. The summed E-state index contributed by atoms with van der Waals surface area (Å²) in [4.78, 5) is 0. The average Bonchev–Trinajstić information content (AvgIpc) is 2.48. The van der Waals surface area contributed by atoms with Gasteiger partial charge in [-0.15, -0.1) is 0 Å². The van der Waals surface area contributed by atoms with E-state index in [1.54, 1.807) is 0 Å². The topological polar surface area (TPSA) is 18.5 Å². The van der Waals surface area contributed by atoms with Crippen molar-refractivity contribution in [3.63, 3.8) is 0 Å². The maximum atomic E-state index is 6.02. The van der Waals surface area contributed by atoms with E-state index in [0.717, 1.165) is 5.92 Å². The molecule has 0 bridgehead atoms. The Morgan fingerprint density at radius 2 is 1.61 bits per heavy atom. The van der Waals surface area contributed by atoms with Gasteiger partial charge in [-0.2, -0.15) is 0 Å². The number of hydrogen-bond donors (Lipinski definition) is 0. The quantitative estimate of drug-likeness (QED) is 0.685. The molecule has 1 saturated heterocycles. The zero-order chi connectivity index (χ0) is 13.4. The SMILES string of the molecule is CCC1CCC(=CB2OC(C)(C)C(C)(C)O2)CC1. The second kappa shape index (κ2) is 5.01. The van der Waals surface area contributed by atoms with Crippen LogP contribution in [0, 0.1) is 5.92 Å². The Bertz CT molecular complexity index is 307. The zero-order valence-electron chi connectivity index (χ0n) is 12.6. The van der Waals surface area contributed by atoms with Gasteiger partial charge >= 0.3 is 7.12 Å². The minimum atomic E-state index is -0.213. The van der Waals surface area contributed by atoms with Gasteiger partial charge in [-0.3, -0.25) is 0 Å². The molecule has 2 nitrogen and oxygen atoms in total. The lowest BCUT2D eigenvalue weighted by atomic mass is 9.78. The lowest BCUT2D eigenvalue weighted by Crippen LogP contribution is -2.41. The molecule has 0 amide bonds. The lowest BCUT2D eigenvalue weighted by molar-refractivity contribution is 0.00578.